The highest BCUT2D eigenvalue weighted by Gasteiger charge is 2.39. The number of esters is 1. The van der Waals surface area contributed by atoms with E-state index in [0.717, 1.165) is 5.56 Å². The quantitative estimate of drug-likeness (QED) is 0.237. The molecule has 2 rings (SSSR count). The molecule has 0 spiro atoms. The summed E-state index contributed by atoms with van der Waals surface area (Å²) in [6.07, 6.45) is 1.31. The van der Waals surface area contributed by atoms with E-state index >= 15 is 0 Å². The van der Waals surface area contributed by atoms with Crippen LogP contribution in [0.1, 0.15) is 45.6 Å². The zero-order valence-electron chi connectivity index (χ0n) is 16.6. The van der Waals surface area contributed by atoms with Crippen molar-refractivity contribution in [3.63, 3.8) is 0 Å². The predicted molar refractivity (Wildman–Crippen MR) is 105 cm³/mol. The second-order valence-corrected chi connectivity index (χ2v) is 7.95. The summed E-state index contributed by atoms with van der Waals surface area (Å²) in [7, 11) is 0. The molecule has 1 heterocycles. The molecule has 1 saturated heterocycles. The number of cyclic esters (lactones) is 1. The number of benzene rings is 1. The van der Waals surface area contributed by atoms with Crippen molar-refractivity contribution in [1.29, 1.82) is 0 Å². The van der Waals surface area contributed by atoms with Crippen LogP contribution in [0.2, 0.25) is 0 Å². The van der Waals surface area contributed by atoms with Crippen molar-refractivity contribution in [2.75, 3.05) is 6.54 Å². The van der Waals surface area contributed by atoms with Gasteiger partial charge < -0.3 is 14.8 Å². The van der Waals surface area contributed by atoms with Gasteiger partial charge in [0.2, 0.25) is 0 Å². The molecule has 3 atom stereocenters. The Morgan fingerprint density at radius 3 is 2.75 bits per heavy atom. The Bertz CT molecular complexity index is 711. The van der Waals surface area contributed by atoms with Gasteiger partial charge in [-0.1, -0.05) is 35.4 Å². The first-order chi connectivity index (χ1) is 13.3. The molecule has 0 aliphatic carbocycles. The number of hydrogen-bond donors (Lipinski definition) is 1. The van der Waals surface area contributed by atoms with Crippen molar-refractivity contribution in [3.05, 3.63) is 46.3 Å². The van der Waals surface area contributed by atoms with Gasteiger partial charge in [-0.3, -0.25) is 4.79 Å². The van der Waals surface area contributed by atoms with Crippen molar-refractivity contribution in [2.45, 2.75) is 64.2 Å². The number of rotatable bonds is 8. The summed E-state index contributed by atoms with van der Waals surface area (Å²) in [6.45, 7) is 5.75. The van der Waals surface area contributed by atoms with E-state index in [1.165, 1.54) is 0 Å². The molecule has 1 aromatic carbocycles. The van der Waals surface area contributed by atoms with Gasteiger partial charge in [0.1, 0.15) is 11.7 Å². The van der Waals surface area contributed by atoms with Gasteiger partial charge in [0.25, 0.3) is 0 Å². The fourth-order valence-corrected chi connectivity index (χ4v) is 3.21. The van der Waals surface area contributed by atoms with E-state index in [-0.39, 0.29) is 17.9 Å². The second kappa shape index (κ2) is 9.99. The van der Waals surface area contributed by atoms with E-state index in [1.807, 2.05) is 30.3 Å². The topological polar surface area (TPSA) is 113 Å². The Hall–Kier alpha value is -2.73. The molecule has 28 heavy (non-hydrogen) atoms. The third-order valence-electron chi connectivity index (χ3n) is 4.44. The van der Waals surface area contributed by atoms with Crippen LogP contribution in [0.3, 0.4) is 0 Å². The molecule has 0 radical (unpaired) electrons. The van der Waals surface area contributed by atoms with Crippen LogP contribution >= 0.6 is 0 Å². The van der Waals surface area contributed by atoms with E-state index in [2.05, 4.69) is 15.3 Å². The highest BCUT2D eigenvalue weighted by molar-refractivity contribution is 5.75. The van der Waals surface area contributed by atoms with Gasteiger partial charge in [-0.25, -0.2) is 4.79 Å². The Morgan fingerprint density at radius 1 is 1.39 bits per heavy atom. The van der Waals surface area contributed by atoms with E-state index in [1.54, 1.807) is 20.8 Å². The molecule has 1 aliphatic heterocycles. The smallest absolute Gasteiger partial charge is 0.408 e. The molecule has 1 fully saturated rings. The monoisotopic (exact) mass is 388 g/mol. The number of carbonyl (C=O) groups excluding carboxylic acids is 2. The lowest BCUT2D eigenvalue weighted by atomic mass is 9.93. The molecule has 8 heteroatoms. The van der Waals surface area contributed by atoms with Gasteiger partial charge in [-0.05, 0) is 57.5 Å². The molecule has 1 aromatic rings. The average molecular weight is 388 g/mol. The third-order valence-corrected chi connectivity index (χ3v) is 4.44. The van der Waals surface area contributed by atoms with E-state index in [0.29, 0.717) is 32.2 Å². The van der Waals surface area contributed by atoms with Crippen LogP contribution in [0.25, 0.3) is 10.4 Å². The number of nitrogens with one attached hydrogen (secondary N) is 1. The zero-order valence-corrected chi connectivity index (χ0v) is 16.6. The maximum Gasteiger partial charge on any atom is 0.408 e. The third kappa shape index (κ3) is 7.12. The molecule has 0 unspecified atom stereocenters. The molecular formula is C20H28N4O4. The summed E-state index contributed by atoms with van der Waals surface area (Å²) < 4.78 is 11.0. The highest BCUT2D eigenvalue weighted by Crippen LogP contribution is 2.28. The Kier molecular flexibility index (Phi) is 7.70. The molecule has 0 aromatic heterocycles. The van der Waals surface area contributed by atoms with Gasteiger partial charge >= 0.3 is 12.1 Å². The van der Waals surface area contributed by atoms with Crippen molar-refractivity contribution >= 4 is 12.1 Å². The fraction of sp³-hybridized carbons (Fsp3) is 0.600. The van der Waals surface area contributed by atoms with Gasteiger partial charge in [0.15, 0.2) is 0 Å². The molecule has 0 saturated carbocycles. The minimum absolute atomic E-state index is 0.252. The fourth-order valence-electron chi connectivity index (χ4n) is 3.21. The summed E-state index contributed by atoms with van der Waals surface area (Å²) in [5.74, 6) is -0.521. The molecule has 152 valence electrons. The minimum Gasteiger partial charge on any atom is -0.460 e. The number of nitrogens with zero attached hydrogens (tertiary/aromatic N) is 3. The molecule has 1 aliphatic rings. The maximum absolute atomic E-state index is 12.3. The Balaban J connectivity index is 2.04. The molecule has 1 N–H and O–H groups in total. The standard InChI is InChI=1S/C20H28N4O4/c1-20(2,3)28-19(26)23-16(12-14-8-5-4-6-9-14)17-13-15(18(25)27-17)10-7-11-22-24-21/h4-6,8-9,15-17H,7,10-13H2,1-3H3,(H,23,26)/t15-,16+,17+/m1/s1. The lowest BCUT2D eigenvalue weighted by molar-refractivity contribution is -0.145. The second-order valence-electron chi connectivity index (χ2n) is 7.95. The highest BCUT2D eigenvalue weighted by atomic mass is 16.6. The normalized spacial score (nSPS) is 20.0. The first kappa shape index (κ1) is 21.6. The van der Waals surface area contributed by atoms with Crippen LogP contribution in [0, 0.1) is 5.92 Å². The van der Waals surface area contributed by atoms with Crippen molar-refractivity contribution in [2.24, 2.45) is 11.0 Å². The molecule has 1 amide bonds. The molecule has 0 bridgehead atoms. The SMILES string of the molecule is CC(C)(C)OC(=O)N[C@@H](Cc1ccccc1)[C@@H]1C[C@@H](CCCN=[N+]=[N-])C(=O)O1. The van der Waals surface area contributed by atoms with Crippen molar-refractivity contribution in [1.82, 2.24) is 5.32 Å². The van der Waals surface area contributed by atoms with Gasteiger partial charge in [0.05, 0.1) is 12.0 Å². The average Bonchev–Trinajstić information content (AvgIpc) is 2.98. The largest absolute Gasteiger partial charge is 0.460 e. The van der Waals surface area contributed by atoms with Gasteiger partial charge in [-0.15, -0.1) is 0 Å². The summed E-state index contributed by atoms with van der Waals surface area (Å²) in [4.78, 5) is 27.3. The summed E-state index contributed by atoms with van der Waals surface area (Å²) >= 11 is 0. The van der Waals surface area contributed by atoms with Crippen molar-refractivity contribution < 1.29 is 19.1 Å². The number of amides is 1. The van der Waals surface area contributed by atoms with Crippen LogP contribution in [-0.2, 0) is 20.7 Å². The van der Waals surface area contributed by atoms with E-state index in [9.17, 15) is 9.59 Å². The van der Waals surface area contributed by atoms with Gasteiger partial charge in [-0.2, -0.15) is 0 Å². The Morgan fingerprint density at radius 2 is 2.11 bits per heavy atom. The summed E-state index contributed by atoms with van der Waals surface area (Å²) in [6, 6.07) is 9.34. The van der Waals surface area contributed by atoms with E-state index in [4.69, 9.17) is 15.0 Å². The van der Waals surface area contributed by atoms with Crippen LogP contribution < -0.4 is 5.32 Å². The minimum atomic E-state index is -0.614. The van der Waals surface area contributed by atoms with Crippen LogP contribution in [0.15, 0.2) is 35.4 Å². The number of azide groups is 1. The first-order valence-electron chi connectivity index (χ1n) is 9.53. The first-order valence-corrected chi connectivity index (χ1v) is 9.53. The van der Waals surface area contributed by atoms with Crippen LogP contribution in [0.4, 0.5) is 4.79 Å². The number of alkyl carbamates (subject to hydrolysis) is 1. The lowest BCUT2D eigenvalue weighted by Crippen LogP contribution is -2.46. The lowest BCUT2D eigenvalue weighted by Gasteiger charge is -2.26. The number of carbonyl (C=O) groups is 2. The van der Waals surface area contributed by atoms with Crippen LogP contribution in [-0.4, -0.2) is 36.4 Å². The Labute approximate surface area is 165 Å². The van der Waals surface area contributed by atoms with Crippen LogP contribution in [0.5, 0.6) is 0 Å². The molecular weight excluding hydrogens is 360 g/mol. The summed E-state index contributed by atoms with van der Waals surface area (Å²) in [5, 5.41) is 6.37. The predicted octanol–water partition coefficient (Wildman–Crippen LogP) is 4.14. The number of hydrogen-bond acceptors (Lipinski definition) is 5. The summed E-state index contributed by atoms with van der Waals surface area (Å²) in [5.41, 5.74) is 8.76. The molecule has 8 nitrogen and oxygen atoms in total. The van der Waals surface area contributed by atoms with Crippen molar-refractivity contribution in [3.8, 4) is 0 Å². The van der Waals surface area contributed by atoms with Gasteiger partial charge in [0, 0.05) is 11.5 Å². The maximum atomic E-state index is 12.3. The zero-order chi connectivity index (χ0) is 20.6. The van der Waals surface area contributed by atoms with E-state index < -0.39 is 17.8 Å². The number of ether oxygens (including phenoxy) is 2.